The van der Waals surface area contributed by atoms with E-state index in [4.69, 9.17) is 16.6 Å². The van der Waals surface area contributed by atoms with Crippen molar-refractivity contribution in [2.45, 2.75) is 12.5 Å². The molecule has 202 valence electrons. The molecule has 1 aliphatic carbocycles. The normalized spacial score (nSPS) is 16.6. The quantitative estimate of drug-likeness (QED) is 0.451. The molecule has 2 aromatic carbocycles. The third kappa shape index (κ3) is 4.82. The van der Waals surface area contributed by atoms with Gasteiger partial charge in [0.2, 0.25) is 5.95 Å². The van der Waals surface area contributed by atoms with Crippen LogP contribution >= 0.6 is 11.6 Å². The number of hydrogen-bond acceptors (Lipinski definition) is 6. The smallest absolute Gasteiger partial charge is 0.254 e. The Hall–Kier alpha value is -4.21. The minimum Gasteiger partial charge on any atom is -0.335 e. The number of nitrogens with zero attached hydrogens (tertiary/aromatic N) is 5. The SMILES string of the molecule is CN(C)C1CN(C(=O)c2cccc(Nc3ncc4c(n3)C3=CN=C(Cl)C=C(c5c(F)cccc5F)C3=CC4)c2)C1. The Bertz CT molecular complexity index is 1640. The summed E-state index contributed by atoms with van der Waals surface area (Å²) in [4.78, 5) is 30.4. The maximum Gasteiger partial charge on any atom is 0.254 e. The van der Waals surface area contributed by atoms with Crippen molar-refractivity contribution in [2.24, 2.45) is 4.99 Å². The fourth-order valence-corrected chi connectivity index (χ4v) is 5.15. The number of likely N-dealkylation sites (tertiary alicyclic amines) is 1. The van der Waals surface area contributed by atoms with E-state index in [-0.39, 0.29) is 16.6 Å². The first-order chi connectivity index (χ1) is 19.3. The van der Waals surface area contributed by atoms with E-state index in [1.54, 1.807) is 24.5 Å². The molecular formula is C30H25ClF2N6O. The number of anilines is 2. The lowest BCUT2D eigenvalue weighted by molar-refractivity contribution is 0.0399. The predicted octanol–water partition coefficient (Wildman–Crippen LogP) is 5.44. The van der Waals surface area contributed by atoms with Gasteiger partial charge in [-0.05, 0) is 68.1 Å². The van der Waals surface area contributed by atoms with Crippen molar-refractivity contribution in [3.8, 4) is 0 Å². The Morgan fingerprint density at radius 1 is 1.07 bits per heavy atom. The molecule has 1 N–H and O–H groups in total. The van der Waals surface area contributed by atoms with Gasteiger partial charge in [-0.25, -0.2) is 23.7 Å². The van der Waals surface area contributed by atoms with Crippen LogP contribution in [0, 0.1) is 11.6 Å². The predicted molar refractivity (Wildman–Crippen MR) is 153 cm³/mol. The summed E-state index contributed by atoms with van der Waals surface area (Å²) in [7, 11) is 4.02. The highest BCUT2D eigenvalue weighted by Gasteiger charge is 2.32. The van der Waals surface area contributed by atoms with Crippen molar-refractivity contribution >= 4 is 45.5 Å². The largest absolute Gasteiger partial charge is 0.335 e. The van der Waals surface area contributed by atoms with Gasteiger partial charge in [0.1, 0.15) is 16.8 Å². The standard InChI is InChI=1S/C30H25ClF2N6O/c1-38(2)20-15-39(16-20)29(40)17-5-3-6-19(11-17)36-30-35-13-18-9-10-21-22(27-24(32)7-4-8-25(27)33)12-26(31)34-14-23(21)28(18)37-30/h3-8,10-14,20H,9,15-16H2,1-2H3,(H,35,36,37). The maximum atomic E-state index is 14.8. The molecule has 1 saturated heterocycles. The van der Waals surface area contributed by atoms with Gasteiger partial charge in [0.25, 0.3) is 5.91 Å². The Kier molecular flexibility index (Phi) is 6.77. The van der Waals surface area contributed by atoms with Gasteiger partial charge in [-0.15, -0.1) is 0 Å². The molecular weight excluding hydrogens is 534 g/mol. The number of aromatic nitrogens is 2. The average Bonchev–Trinajstić information content (AvgIpc) is 3.06. The molecule has 3 aliphatic rings. The third-order valence-corrected chi connectivity index (χ3v) is 7.49. The molecule has 1 aromatic heterocycles. The molecule has 0 spiro atoms. The van der Waals surface area contributed by atoms with E-state index in [0.29, 0.717) is 65.2 Å². The van der Waals surface area contributed by atoms with Gasteiger partial charge in [-0.1, -0.05) is 29.8 Å². The van der Waals surface area contributed by atoms with E-state index < -0.39 is 11.6 Å². The van der Waals surface area contributed by atoms with Gasteiger partial charge in [-0.3, -0.25) is 4.79 Å². The topological polar surface area (TPSA) is 73.7 Å². The molecule has 0 saturated carbocycles. The first-order valence-electron chi connectivity index (χ1n) is 12.8. The average molecular weight is 559 g/mol. The monoisotopic (exact) mass is 558 g/mol. The van der Waals surface area contributed by atoms with Crippen molar-refractivity contribution in [3.05, 3.63) is 107 Å². The zero-order chi connectivity index (χ0) is 28.0. The number of hydrogen-bond donors (Lipinski definition) is 1. The second kappa shape index (κ2) is 10.4. The Balaban J connectivity index is 1.28. The summed E-state index contributed by atoms with van der Waals surface area (Å²) < 4.78 is 29.6. The van der Waals surface area contributed by atoms with Crippen LogP contribution in [-0.2, 0) is 6.42 Å². The minimum absolute atomic E-state index is 0.0269. The summed E-state index contributed by atoms with van der Waals surface area (Å²) >= 11 is 6.28. The molecule has 0 radical (unpaired) electrons. The molecule has 0 bridgehead atoms. The fourth-order valence-electron chi connectivity index (χ4n) is 5.00. The van der Waals surface area contributed by atoms with Crippen molar-refractivity contribution in [3.63, 3.8) is 0 Å². The van der Waals surface area contributed by atoms with Crippen LogP contribution in [0.4, 0.5) is 20.4 Å². The number of rotatable bonds is 5. The van der Waals surface area contributed by atoms with E-state index >= 15 is 0 Å². The molecule has 10 heteroatoms. The lowest BCUT2D eigenvalue weighted by Gasteiger charge is -2.42. The molecule has 7 nitrogen and oxygen atoms in total. The highest BCUT2D eigenvalue weighted by molar-refractivity contribution is 6.69. The first-order valence-corrected chi connectivity index (χ1v) is 13.2. The highest BCUT2D eigenvalue weighted by Crippen LogP contribution is 2.41. The molecule has 6 rings (SSSR count). The van der Waals surface area contributed by atoms with Crippen LogP contribution < -0.4 is 5.32 Å². The van der Waals surface area contributed by atoms with E-state index in [9.17, 15) is 13.6 Å². The summed E-state index contributed by atoms with van der Waals surface area (Å²) in [6.07, 6.45) is 7.06. The number of amides is 1. The number of fused-ring (bicyclic) bond motifs is 3. The van der Waals surface area contributed by atoms with Crippen molar-refractivity contribution in [1.29, 1.82) is 0 Å². The van der Waals surface area contributed by atoms with Crippen LogP contribution in [0.15, 0.2) is 77.6 Å². The third-order valence-electron chi connectivity index (χ3n) is 7.28. The van der Waals surface area contributed by atoms with Crippen molar-refractivity contribution in [2.75, 3.05) is 32.5 Å². The number of allylic oxidation sites excluding steroid dienone is 5. The second-order valence-electron chi connectivity index (χ2n) is 10.1. The Labute approximate surface area is 235 Å². The van der Waals surface area contributed by atoms with Gasteiger partial charge >= 0.3 is 0 Å². The second-order valence-corrected chi connectivity index (χ2v) is 10.5. The Morgan fingerprint density at radius 2 is 1.82 bits per heavy atom. The van der Waals surface area contributed by atoms with E-state index in [2.05, 4.69) is 20.2 Å². The van der Waals surface area contributed by atoms with Gasteiger partial charge in [0.05, 0.1) is 11.3 Å². The number of carbonyl (C=O) groups is 1. The number of carbonyl (C=O) groups excluding carboxylic acids is 1. The molecule has 40 heavy (non-hydrogen) atoms. The maximum absolute atomic E-state index is 14.8. The molecule has 3 aromatic rings. The van der Waals surface area contributed by atoms with E-state index in [0.717, 1.165) is 5.56 Å². The first kappa shape index (κ1) is 26.0. The summed E-state index contributed by atoms with van der Waals surface area (Å²) in [6.45, 7) is 1.39. The summed E-state index contributed by atoms with van der Waals surface area (Å²) in [5, 5.41) is 3.28. The minimum atomic E-state index is -0.696. The van der Waals surface area contributed by atoms with Crippen LogP contribution in [0.3, 0.4) is 0 Å². The zero-order valence-corrected chi connectivity index (χ0v) is 22.6. The number of likely N-dealkylation sites (N-methyl/N-ethyl adjacent to an activating group) is 1. The molecule has 1 fully saturated rings. The molecule has 2 aliphatic heterocycles. The fraction of sp³-hybridized carbons (Fsp3) is 0.200. The lowest BCUT2D eigenvalue weighted by atomic mass is 9.84. The number of nitrogens with one attached hydrogen (secondary N) is 1. The summed E-state index contributed by atoms with van der Waals surface area (Å²) in [5.74, 6) is -1.11. The van der Waals surface area contributed by atoms with Crippen molar-refractivity contribution in [1.82, 2.24) is 19.8 Å². The van der Waals surface area contributed by atoms with Gasteiger partial charge in [0, 0.05) is 53.9 Å². The van der Waals surface area contributed by atoms with Crippen molar-refractivity contribution < 1.29 is 13.6 Å². The van der Waals surface area contributed by atoms with Crippen LogP contribution in [0.5, 0.6) is 0 Å². The zero-order valence-electron chi connectivity index (χ0n) is 21.8. The molecule has 0 unspecified atom stereocenters. The van der Waals surface area contributed by atoms with E-state index in [1.165, 1.54) is 24.3 Å². The van der Waals surface area contributed by atoms with Crippen LogP contribution in [-0.4, -0.2) is 64.1 Å². The Morgan fingerprint density at radius 3 is 2.58 bits per heavy atom. The van der Waals surface area contributed by atoms with Crippen LogP contribution in [0.2, 0.25) is 0 Å². The van der Waals surface area contributed by atoms with Crippen LogP contribution in [0.1, 0.15) is 27.2 Å². The summed E-state index contributed by atoms with van der Waals surface area (Å²) in [5.41, 5.74) is 3.92. The highest BCUT2D eigenvalue weighted by atomic mass is 35.5. The molecule has 0 atom stereocenters. The number of halogens is 3. The number of benzene rings is 2. The van der Waals surface area contributed by atoms with Gasteiger partial charge < -0.3 is 15.1 Å². The number of aliphatic imine (C=N–C) groups is 1. The van der Waals surface area contributed by atoms with Gasteiger partial charge in [-0.2, -0.15) is 0 Å². The molecule has 1 amide bonds. The lowest BCUT2D eigenvalue weighted by Crippen LogP contribution is -2.59. The van der Waals surface area contributed by atoms with Crippen LogP contribution in [0.25, 0.3) is 11.1 Å². The van der Waals surface area contributed by atoms with Gasteiger partial charge in [0.15, 0.2) is 0 Å². The summed E-state index contributed by atoms with van der Waals surface area (Å²) in [6, 6.07) is 11.3. The molecule has 3 heterocycles. The van der Waals surface area contributed by atoms with E-state index in [1.807, 2.05) is 37.2 Å².